The minimum Gasteiger partial charge on any atom is -0.327 e. The van der Waals surface area contributed by atoms with E-state index < -0.39 is 0 Å². The minimum atomic E-state index is 0.134. The van der Waals surface area contributed by atoms with Gasteiger partial charge in [-0.2, -0.15) is 0 Å². The molecule has 0 aromatic carbocycles. The Hall–Kier alpha value is -0.560. The number of nitrogens with two attached hydrogens (primary N) is 1. The summed E-state index contributed by atoms with van der Waals surface area (Å²) in [6.45, 7) is 21.6. The van der Waals surface area contributed by atoms with Crippen molar-refractivity contribution in [1.82, 2.24) is 0 Å². The lowest BCUT2D eigenvalue weighted by Crippen LogP contribution is -2.51. The molecule has 0 bridgehead atoms. The molecule has 0 spiro atoms. The maximum Gasteiger partial charge on any atom is 0.0147 e. The van der Waals surface area contributed by atoms with E-state index in [0.29, 0.717) is 0 Å². The molecule has 20 heavy (non-hydrogen) atoms. The van der Waals surface area contributed by atoms with Crippen molar-refractivity contribution in [3.63, 3.8) is 0 Å². The van der Waals surface area contributed by atoms with Crippen LogP contribution in [0.3, 0.4) is 0 Å². The molecule has 0 aliphatic carbocycles. The maximum atomic E-state index is 6.79. The summed E-state index contributed by atoms with van der Waals surface area (Å²) in [5, 5.41) is 0. The second kappa shape index (κ2) is 7.45. The van der Waals surface area contributed by atoms with Gasteiger partial charge in [-0.25, -0.2) is 0 Å². The van der Waals surface area contributed by atoms with Crippen LogP contribution in [0.25, 0.3) is 0 Å². The van der Waals surface area contributed by atoms with Crippen LogP contribution in [0, 0.1) is 16.2 Å². The third kappa shape index (κ3) is 4.77. The van der Waals surface area contributed by atoms with E-state index in [4.69, 9.17) is 5.73 Å². The SMILES string of the molecule is C=CCC[C@@](C)(CC)C(N)[C@@](C)(CC)CC(C)(C)C=C. The molecule has 0 heterocycles. The van der Waals surface area contributed by atoms with Crippen LogP contribution in [-0.4, -0.2) is 6.04 Å². The van der Waals surface area contributed by atoms with Crippen molar-refractivity contribution in [1.29, 1.82) is 0 Å². The Balaban J connectivity index is 5.28. The zero-order chi connectivity index (χ0) is 16.0. The van der Waals surface area contributed by atoms with Gasteiger partial charge < -0.3 is 5.73 Å². The first-order chi connectivity index (χ1) is 9.10. The molecule has 0 rings (SSSR count). The van der Waals surface area contributed by atoms with Gasteiger partial charge in [-0.15, -0.1) is 13.2 Å². The van der Waals surface area contributed by atoms with Crippen molar-refractivity contribution >= 4 is 0 Å². The van der Waals surface area contributed by atoms with Crippen molar-refractivity contribution in [3.8, 4) is 0 Å². The predicted octanol–water partition coefficient (Wildman–Crippen LogP) is 5.71. The molecule has 0 saturated carbocycles. The van der Waals surface area contributed by atoms with E-state index in [2.05, 4.69) is 60.8 Å². The zero-order valence-electron chi connectivity index (χ0n) is 14.8. The molecule has 0 aromatic heterocycles. The lowest BCUT2D eigenvalue weighted by molar-refractivity contribution is 0.0655. The summed E-state index contributed by atoms with van der Waals surface area (Å²) >= 11 is 0. The van der Waals surface area contributed by atoms with Gasteiger partial charge in [-0.3, -0.25) is 0 Å². The Labute approximate surface area is 127 Å². The van der Waals surface area contributed by atoms with Gasteiger partial charge >= 0.3 is 0 Å². The van der Waals surface area contributed by atoms with Crippen molar-refractivity contribution in [2.24, 2.45) is 22.0 Å². The molecule has 0 aliphatic heterocycles. The van der Waals surface area contributed by atoms with Gasteiger partial charge in [0.1, 0.15) is 0 Å². The van der Waals surface area contributed by atoms with Gasteiger partial charge in [0.25, 0.3) is 0 Å². The first kappa shape index (κ1) is 19.4. The van der Waals surface area contributed by atoms with Crippen LogP contribution >= 0.6 is 0 Å². The van der Waals surface area contributed by atoms with Gasteiger partial charge in [0.15, 0.2) is 0 Å². The monoisotopic (exact) mass is 279 g/mol. The van der Waals surface area contributed by atoms with Crippen molar-refractivity contribution < 1.29 is 0 Å². The van der Waals surface area contributed by atoms with E-state index in [1.165, 1.54) is 0 Å². The lowest BCUT2D eigenvalue weighted by Gasteiger charge is -2.48. The van der Waals surface area contributed by atoms with Crippen molar-refractivity contribution in [3.05, 3.63) is 25.3 Å². The zero-order valence-corrected chi connectivity index (χ0v) is 14.8. The minimum absolute atomic E-state index is 0.134. The first-order valence-corrected chi connectivity index (χ1v) is 8.11. The lowest BCUT2D eigenvalue weighted by atomic mass is 9.60. The van der Waals surface area contributed by atoms with Crippen LogP contribution < -0.4 is 5.73 Å². The summed E-state index contributed by atoms with van der Waals surface area (Å²) in [6, 6.07) is 0.198. The van der Waals surface area contributed by atoms with E-state index >= 15 is 0 Å². The van der Waals surface area contributed by atoms with E-state index in [-0.39, 0.29) is 22.3 Å². The highest BCUT2D eigenvalue weighted by Gasteiger charge is 2.43. The average Bonchev–Trinajstić information content (AvgIpc) is 2.43. The summed E-state index contributed by atoms with van der Waals surface area (Å²) in [6.07, 6.45) is 9.56. The Morgan fingerprint density at radius 3 is 1.85 bits per heavy atom. The molecule has 118 valence electrons. The molecule has 0 radical (unpaired) electrons. The largest absolute Gasteiger partial charge is 0.327 e. The second-order valence-corrected chi connectivity index (χ2v) is 7.69. The second-order valence-electron chi connectivity index (χ2n) is 7.69. The highest BCUT2D eigenvalue weighted by Crippen LogP contribution is 2.47. The average molecular weight is 280 g/mol. The Morgan fingerprint density at radius 2 is 1.50 bits per heavy atom. The van der Waals surface area contributed by atoms with Gasteiger partial charge in [0.05, 0.1) is 0 Å². The van der Waals surface area contributed by atoms with Crippen LogP contribution in [0.15, 0.2) is 25.3 Å². The molecule has 3 atom stereocenters. The fraction of sp³-hybridized carbons (Fsp3) is 0.789. The molecule has 1 nitrogen and oxygen atoms in total. The van der Waals surface area contributed by atoms with Gasteiger partial charge in [0, 0.05) is 6.04 Å². The predicted molar refractivity (Wildman–Crippen MR) is 92.8 cm³/mol. The van der Waals surface area contributed by atoms with Crippen molar-refractivity contribution in [2.75, 3.05) is 0 Å². The van der Waals surface area contributed by atoms with Gasteiger partial charge in [-0.05, 0) is 48.3 Å². The number of allylic oxidation sites excluding steroid dienone is 2. The highest BCUT2D eigenvalue weighted by atomic mass is 14.7. The summed E-state index contributed by atoms with van der Waals surface area (Å²) in [5.74, 6) is 0. The fourth-order valence-corrected chi connectivity index (χ4v) is 3.39. The van der Waals surface area contributed by atoms with Crippen LogP contribution in [0.1, 0.15) is 73.6 Å². The molecule has 0 aromatic rings. The summed E-state index contributed by atoms with van der Waals surface area (Å²) in [4.78, 5) is 0. The third-order valence-electron chi connectivity index (χ3n) is 5.45. The van der Waals surface area contributed by atoms with E-state index in [1.807, 2.05) is 6.08 Å². The molecule has 0 saturated heterocycles. The van der Waals surface area contributed by atoms with E-state index in [1.54, 1.807) is 0 Å². The molecule has 0 amide bonds. The molecular formula is C19H37N. The molecule has 2 N–H and O–H groups in total. The molecule has 1 unspecified atom stereocenters. The van der Waals surface area contributed by atoms with Crippen molar-refractivity contribution in [2.45, 2.75) is 79.7 Å². The summed E-state index contributed by atoms with van der Waals surface area (Å²) < 4.78 is 0. The normalized spacial score (nSPS) is 19.8. The molecule has 0 fully saturated rings. The van der Waals surface area contributed by atoms with Gasteiger partial charge in [0.2, 0.25) is 0 Å². The fourth-order valence-electron chi connectivity index (χ4n) is 3.39. The summed E-state index contributed by atoms with van der Waals surface area (Å²) in [5.41, 5.74) is 7.24. The Bertz CT molecular complexity index is 318. The standard InChI is InChI=1S/C19H37N/c1-9-13-14-18(7,11-3)16(20)19(8,12-4)15-17(5,6)10-2/h9-10,16H,1-2,11-15,20H2,3-8H3/t16?,18-,19+/m1/s1. The highest BCUT2D eigenvalue weighted by molar-refractivity contribution is 5.01. The smallest absolute Gasteiger partial charge is 0.0147 e. The molecule has 0 aliphatic rings. The topological polar surface area (TPSA) is 26.0 Å². The van der Waals surface area contributed by atoms with Crippen LogP contribution in [-0.2, 0) is 0 Å². The van der Waals surface area contributed by atoms with E-state index in [0.717, 1.165) is 32.1 Å². The Kier molecular flexibility index (Phi) is 7.24. The first-order valence-electron chi connectivity index (χ1n) is 8.11. The molecular weight excluding hydrogens is 242 g/mol. The summed E-state index contributed by atoms with van der Waals surface area (Å²) in [7, 11) is 0. The quantitative estimate of drug-likeness (QED) is 0.509. The molecule has 1 heteroatoms. The van der Waals surface area contributed by atoms with Crippen LogP contribution in [0.2, 0.25) is 0 Å². The number of hydrogen-bond donors (Lipinski definition) is 1. The maximum absolute atomic E-state index is 6.79. The van der Waals surface area contributed by atoms with Crippen LogP contribution in [0.5, 0.6) is 0 Å². The van der Waals surface area contributed by atoms with Crippen LogP contribution in [0.4, 0.5) is 0 Å². The Morgan fingerprint density at radius 1 is 1.00 bits per heavy atom. The number of hydrogen-bond acceptors (Lipinski definition) is 1. The van der Waals surface area contributed by atoms with E-state index in [9.17, 15) is 0 Å². The van der Waals surface area contributed by atoms with Gasteiger partial charge in [-0.1, -0.05) is 53.7 Å². The number of rotatable bonds is 10. The third-order valence-corrected chi connectivity index (χ3v) is 5.45.